The molecule has 0 spiro atoms. The Labute approximate surface area is 176 Å². The molecule has 1 saturated heterocycles. The Morgan fingerprint density at radius 3 is 2.40 bits per heavy atom. The van der Waals surface area contributed by atoms with E-state index in [1.54, 1.807) is 11.3 Å². The molecule has 0 radical (unpaired) electrons. The zero-order chi connectivity index (χ0) is 21.5. The van der Waals surface area contributed by atoms with Gasteiger partial charge >= 0.3 is 6.18 Å². The predicted molar refractivity (Wildman–Crippen MR) is 110 cm³/mol. The van der Waals surface area contributed by atoms with Gasteiger partial charge in [0.05, 0.1) is 26.7 Å². The molecule has 3 aromatic rings. The number of halogens is 3. The molecule has 1 fully saturated rings. The second-order valence-corrected chi connectivity index (χ2v) is 10.2. The van der Waals surface area contributed by atoms with Crippen LogP contribution in [0.2, 0.25) is 0 Å². The van der Waals surface area contributed by atoms with Gasteiger partial charge in [0.15, 0.2) is 0 Å². The number of hydrogen-bond acceptors (Lipinski definition) is 5. The van der Waals surface area contributed by atoms with Crippen LogP contribution in [-0.4, -0.2) is 48.8 Å². The Hall–Kier alpha value is -2.01. The summed E-state index contributed by atoms with van der Waals surface area (Å²) in [7, 11) is -3.99. The van der Waals surface area contributed by atoms with Gasteiger partial charge in [-0.15, -0.1) is 11.3 Å². The number of alkyl halides is 3. The van der Waals surface area contributed by atoms with Crippen LogP contribution in [-0.2, 0) is 16.2 Å². The van der Waals surface area contributed by atoms with Crippen molar-refractivity contribution in [3.63, 3.8) is 0 Å². The van der Waals surface area contributed by atoms with Crippen LogP contribution in [0.1, 0.15) is 23.5 Å². The van der Waals surface area contributed by atoms with Gasteiger partial charge in [-0.25, -0.2) is 13.4 Å². The van der Waals surface area contributed by atoms with Crippen LogP contribution in [0, 0.1) is 0 Å². The molecule has 2 aromatic carbocycles. The molecule has 4 rings (SSSR count). The van der Waals surface area contributed by atoms with E-state index in [0.29, 0.717) is 19.2 Å². The quantitative estimate of drug-likeness (QED) is 0.586. The van der Waals surface area contributed by atoms with E-state index in [4.69, 9.17) is 0 Å². The molecular weight excluding hydrogens is 435 g/mol. The van der Waals surface area contributed by atoms with E-state index in [0.717, 1.165) is 27.4 Å². The van der Waals surface area contributed by atoms with Crippen molar-refractivity contribution in [2.75, 3.05) is 26.2 Å². The van der Waals surface area contributed by atoms with E-state index in [9.17, 15) is 21.6 Å². The molecule has 5 nitrogen and oxygen atoms in total. The number of sulfonamides is 1. The van der Waals surface area contributed by atoms with Crippen LogP contribution in [0.4, 0.5) is 13.2 Å². The highest BCUT2D eigenvalue weighted by atomic mass is 32.2. The van der Waals surface area contributed by atoms with Crippen molar-refractivity contribution < 1.29 is 21.6 Å². The lowest BCUT2D eigenvalue weighted by molar-refractivity contribution is -0.137. The van der Waals surface area contributed by atoms with Crippen LogP contribution < -0.4 is 0 Å². The minimum absolute atomic E-state index is 0.0285. The Balaban J connectivity index is 1.47. The molecule has 0 aliphatic carbocycles. The van der Waals surface area contributed by atoms with E-state index in [1.165, 1.54) is 10.4 Å². The summed E-state index contributed by atoms with van der Waals surface area (Å²) >= 11 is 1.61. The fourth-order valence-electron chi connectivity index (χ4n) is 3.54. The number of rotatable bonds is 4. The van der Waals surface area contributed by atoms with E-state index in [2.05, 4.69) is 9.88 Å². The Kier molecular flexibility index (Phi) is 5.60. The Morgan fingerprint density at radius 1 is 1.03 bits per heavy atom. The molecule has 0 N–H and O–H groups in total. The van der Waals surface area contributed by atoms with E-state index < -0.39 is 21.8 Å². The fourth-order valence-corrected chi connectivity index (χ4v) is 6.06. The van der Waals surface area contributed by atoms with E-state index in [-0.39, 0.29) is 24.0 Å². The predicted octanol–water partition coefficient (Wildman–Crippen LogP) is 4.38. The molecule has 1 atom stereocenters. The van der Waals surface area contributed by atoms with Crippen molar-refractivity contribution in [2.45, 2.75) is 24.0 Å². The second-order valence-electron chi connectivity index (χ2n) is 7.16. The van der Waals surface area contributed by atoms with Crippen molar-refractivity contribution in [3.8, 4) is 0 Å². The van der Waals surface area contributed by atoms with Gasteiger partial charge < -0.3 is 0 Å². The second kappa shape index (κ2) is 7.92. The van der Waals surface area contributed by atoms with Crippen molar-refractivity contribution in [1.82, 2.24) is 14.2 Å². The maximum atomic E-state index is 13.0. The first-order chi connectivity index (χ1) is 14.2. The molecule has 1 aromatic heterocycles. The van der Waals surface area contributed by atoms with Crippen LogP contribution in [0.25, 0.3) is 10.2 Å². The molecular formula is C20H20F3N3O2S2. The summed E-state index contributed by atoms with van der Waals surface area (Å²) in [5.41, 5.74) is -0.0261. The molecule has 0 bridgehead atoms. The highest BCUT2D eigenvalue weighted by Gasteiger charge is 2.34. The van der Waals surface area contributed by atoms with Gasteiger partial charge in [-0.3, -0.25) is 4.90 Å². The lowest BCUT2D eigenvalue weighted by atomic mass is 10.2. The molecule has 0 saturated carbocycles. The average molecular weight is 456 g/mol. The third kappa shape index (κ3) is 4.09. The molecule has 1 unspecified atom stereocenters. The molecule has 1 aliphatic rings. The summed E-state index contributed by atoms with van der Waals surface area (Å²) < 4.78 is 66.9. The number of piperazine rings is 1. The highest BCUT2D eigenvalue weighted by Crippen LogP contribution is 2.33. The topological polar surface area (TPSA) is 53.5 Å². The minimum atomic E-state index is -4.59. The average Bonchev–Trinajstić information content (AvgIpc) is 3.17. The maximum Gasteiger partial charge on any atom is 0.416 e. The summed E-state index contributed by atoms with van der Waals surface area (Å²) in [6.07, 6.45) is -4.59. The van der Waals surface area contributed by atoms with Crippen LogP contribution >= 0.6 is 11.3 Å². The van der Waals surface area contributed by atoms with Gasteiger partial charge in [0, 0.05) is 26.2 Å². The standard InChI is InChI=1S/C20H20F3N3O2S2/c1-14(19-24-17-7-2-3-8-18(17)29-19)25-9-11-26(12-10-25)30(27,28)16-6-4-5-15(13-16)20(21,22)23/h2-8,13-14H,9-12H2,1H3. The fraction of sp³-hybridized carbons (Fsp3) is 0.350. The van der Waals surface area contributed by atoms with Crippen LogP contribution in [0.15, 0.2) is 53.4 Å². The van der Waals surface area contributed by atoms with Gasteiger partial charge in [-0.1, -0.05) is 18.2 Å². The van der Waals surface area contributed by atoms with Crippen molar-refractivity contribution in [2.24, 2.45) is 0 Å². The molecule has 1 aliphatic heterocycles. The minimum Gasteiger partial charge on any atom is -0.292 e. The van der Waals surface area contributed by atoms with Crippen molar-refractivity contribution in [3.05, 3.63) is 59.1 Å². The Bertz CT molecular complexity index is 1120. The van der Waals surface area contributed by atoms with Gasteiger partial charge in [0.25, 0.3) is 0 Å². The number of para-hydroxylation sites is 1. The van der Waals surface area contributed by atoms with Crippen molar-refractivity contribution >= 4 is 31.6 Å². The SMILES string of the molecule is CC(c1nc2ccccc2s1)N1CCN(S(=O)(=O)c2cccc(C(F)(F)F)c2)CC1. The molecule has 160 valence electrons. The molecule has 0 amide bonds. The molecule has 2 heterocycles. The first kappa shape index (κ1) is 21.2. The van der Waals surface area contributed by atoms with Gasteiger partial charge in [0.1, 0.15) is 5.01 Å². The Morgan fingerprint density at radius 2 is 1.73 bits per heavy atom. The highest BCUT2D eigenvalue weighted by molar-refractivity contribution is 7.89. The van der Waals surface area contributed by atoms with Gasteiger partial charge in [0.2, 0.25) is 10.0 Å². The largest absolute Gasteiger partial charge is 0.416 e. The maximum absolute atomic E-state index is 13.0. The normalized spacial score (nSPS) is 18.0. The first-order valence-electron chi connectivity index (χ1n) is 9.43. The third-order valence-corrected chi connectivity index (χ3v) is 8.39. The first-order valence-corrected chi connectivity index (χ1v) is 11.7. The van der Waals surface area contributed by atoms with Crippen LogP contribution in [0.5, 0.6) is 0 Å². The summed E-state index contributed by atoms with van der Waals surface area (Å²) in [6, 6.07) is 11.8. The summed E-state index contributed by atoms with van der Waals surface area (Å²) in [5.74, 6) is 0. The molecule has 10 heteroatoms. The summed E-state index contributed by atoms with van der Waals surface area (Å²) in [6.45, 7) is 3.43. The van der Waals surface area contributed by atoms with Gasteiger partial charge in [-0.05, 0) is 37.3 Å². The van der Waals surface area contributed by atoms with Crippen LogP contribution in [0.3, 0.4) is 0 Å². The number of aromatic nitrogens is 1. The lowest BCUT2D eigenvalue weighted by Crippen LogP contribution is -2.49. The number of hydrogen-bond donors (Lipinski definition) is 0. The zero-order valence-corrected chi connectivity index (χ0v) is 17.8. The zero-order valence-electron chi connectivity index (χ0n) is 16.1. The third-order valence-electron chi connectivity index (χ3n) is 5.29. The monoisotopic (exact) mass is 455 g/mol. The summed E-state index contributed by atoms with van der Waals surface area (Å²) in [4.78, 5) is 6.49. The molecule has 30 heavy (non-hydrogen) atoms. The summed E-state index contributed by atoms with van der Waals surface area (Å²) in [5, 5.41) is 0.963. The van der Waals surface area contributed by atoms with Gasteiger partial charge in [-0.2, -0.15) is 17.5 Å². The number of thiazole rings is 1. The van der Waals surface area contributed by atoms with E-state index >= 15 is 0 Å². The number of fused-ring (bicyclic) bond motifs is 1. The number of nitrogens with zero attached hydrogens (tertiary/aromatic N) is 3. The number of benzene rings is 2. The smallest absolute Gasteiger partial charge is 0.292 e. The van der Waals surface area contributed by atoms with E-state index in [1.807, 2.05) is 31.2 Å². The van der Waals surface area contributed by atoms with Crippen molar-refractivity contribution in [1.29, 1.82) is 0 Å². The lowest BCUT2D eigenvalue weighted by Gasteiger charge is -2.36.